The Morgan fingerprint density at radius 1 is 0.304 bits per heavy atom. The smallest absolute Gasteiger partial charge is 0.0541 e. The third-order valence-electron chi connectivity index (χ3n) is 14.6. The highest BCUT2D eigenvalue weighted by molar-refractivity contribution is 6.09. The summed E-state index contributed by atoms with van der Waals surface area (Å²) in [5, 5.41) is 5.02. The number of hydrogen-bond acceptors (Lipinski definition) is 1. The van der Waals surface area contributed by atoms with Crippen molar-refractivity contribution in [1.29, 1.82) is 0 Å². The van der Waals surface area contributed by atoms with Crippen molar-refractivity contribution in [3.8, 4) is 61.3 Å². The second-order valence-electron chi connectivity index (χ2n) is 18.9. The first kappa shape index (κ1) is 40.5. The van der Waals surface area contributed by atoms with Crippen molar-refractivity contribution in [2.24, 2.45) is 0 Å². The van der Waals surface area contributed by atoms with Crippen LogP contribution in [0.1, 0.15) is 25.0 Å². The lowest BCUT2D eigenvalue weighted by molar-refractivity contribution is 0.660. The number of para-hydroxylation sites is 3. The Balaban J connectivity index is 0.876. The van der Waals surface area contributed by atoms with Crippen LogP contribution < -0.4 is 4.90 Å². The maximum atomic E-state index is 2.42. The van der Waals surface area contributed by atoms with Crippen LogP contribution >= 0.6 is 0 Å². The van der Waals surface area contributed by atoms with Crippen LogP contribution in [0.2, 0.25) is 0 Å². The lowest BCUT2D eigenvalue weighted by Gasteiger charge is -2.26. The van der Waals surface area contributed by atoms with Crippen LogP contribution in [0.5, 0.6) is 0 Å². The van der Waals surface area contributed by atoms with E-state index in [9.17, 15) is 0 Å². The van der Waals surface area contributed by atoms with Gasteiger partial charge in [-0.2, -0.15) is 0 Å². The Labute approximate surface area is 403 Å². The SMILES string of the molecule is CC1(C)c2ccccc2-c2ccc(-c3ccc(N(c4ccc(-c5cccc(-c6ccc7ccccc7c6)c5)cc4)c4ccc(-c5ccccc5-n5c6ccccc6c6ccccc65)cc4)cc3)cc21. The van der Waals surface area contributed by atoms with Crippen molar-refractivity contribution in [2.75, 3.05) is 4.90 Å². The summed E-state index contributed by atoms with van der Waals surface area (Å²) in [6.45, 7) is 4.70. The summed E-state index contributed by atoms with van der Waals surface area (Å²) in [4.78, 5) is 2.38. The van der Waals surface area contributed by atoms with E-state index in [4.69, 9.17) is 0 Å². The van der Waals surface area contributed by atoms with Crippen molar-refractivity contribution in [3.05, 3.63) is 266 Å². The van der Waals surface area contributed by atoms with E-state index in [-0.39, 0.29) is 5.41 Å². The molecule has 0 aliphatic heterocycles. The minimum absolute atomic E-state index is 0.0568. The molecule has 1 heterocycles. The molecule has 0 spiro atoms. The Bertz CT molecular complexity index is 3860. The molecule has 1 aliphatic carbocycles. The van der Waals surface area contributed by atoms with E-state index in [0.717, 1.165) is 28.3 Å². The molecule has 326 valence electrons. The lowest BCUT2D eigenvalue weighted by atomic mass is 9.81. The van der Waals surface area contributed by atoms with Crippen LogP contribution in [0.25, 0.3) is 93.9 Å². The van der Waals surface area contributed by atoms with E-state index in [2.05, 4.69) is 278 Å². The van der Waals surface area contributed by atoms with Crippen molar-refractivity contribution < 1.29 is 0 Å². The summed E-state index contributed by atoms with van der Waals surface area (Å²) in [5.41, 5.74) is 21.8. The predicted octanol–water partition coefficient (Wildman–Crippen LogP) is 18.4. The largest absolute Gasteiger partial charge is 0.311 e. The summed E-state index contributed by atoms with van der Waals surface area (Å²) >= 11 is 0. The molecule has 0 radical (unpaired) electrons. The van der Waals surface area contributed by atoms with E-state index in [1.165, 1.54) is 93.8 Å². The molecule has 0 amide bonds. The van der Waals surface area contributed by atoms with Crippen molar-refractivity contribution in [2.45, 2.75) is 19.3 Å². The minimum atomic E-state index is -0.0568. The van der Waals surface area contributed by atoms with Gasteiger partial charge in [0.05, 0.1) is 16.7 Å². The fourth-order valence-corrected chi connectivity index (χ4v) is 11.1. The number of rotatable bonds is 8. The highest BCUT2D eigenvalue weighted by atomic mass is 15.1. The molecule has 2 heteroatoms. The summed E-state index contributed by atoms with van der Waals surface area (Å²) in [7, 11) is 0. The second kappa shape index (κ2) is 16.3. The first-order valence-corrected chi connectivity index (χ1v) is 24.0. The van der Waals surface area contributed by atoms with Gasteiger partial charge in [0.15, 0.2) is 0 Å². The normalized spacial score (nSPS) is 12.6. The van der Waals surface area contributed by atoms with Crippen LogP contribution in [-0.2, 0) is 5.41 Å². The molecule has 69 heavy (non-hydrogen) atoms. The van der Waals surface area contributed by atoms with E-state index in [0.29, 0.717) is 0 Å². The molecule has 1 aromatic heterocycles. The molecule has 1 aliphatic rings. The van der Waals surface area contributed by atoms with Crippen molar-refractivity contribution >= 4 is 49.6 Å². The molecule has 13 rings (SSSR count). The molecule has 0 N–H and O–H groups in total. The number of aromatic nitrogens is 1. The Kier molecular flexibility index (Phi) is 9.55. The molecule has 12 aromatic rings. The molecule has 0 bridgehead atoms. The van der Waals surface area contributed by atoms with Gasteiger partial charge in [0, 0.05) is 38.8 Å². The second-order valence-corrected chi connectivity index (χ2v) is 18.9. The average molecular weight is 881 g/mol. The molecule has 2 nitrogen and oxygen atoms in total. The highest BCUT2D eigenvalue weighted by Crippen LogP contribution is 2.50. The van der Waals surface area contributed by atoms with Gasteiger partial charge in [0.25, 0.3) is 0 Å². The van der Waals surface area contributed by atoms with Gasteiger partial charge >= 0.3 is 0 Å². The van der Waals surface area contributed by atoms with E-state index >= 15 is 0 Å². The molecule has 0 atom stereocenters. The van der Waals surface area contributed by atoms with Crippen LogP contribution in [0, 0.1) is 0 Å². The molecular weight excluding hydrogens is 833 g/mol. The Morgan fingerprint density at radius 2 is 0.768 bits per heavy atom. The van der Waals surface area contributed by atoms with E-state index in [1.54, 1.807) is 0 Å². The fraction of sp³-hybridized carbons (Fsp3) is 0.0448. The molecular formula is C67H48N2. The summed E-state index contributed by atoms with van der Waals surface area (Å²) in [5.74, 6) is 0. The number of nitrogens with zero attached hydrogens (tertiary/aromatic N) is 2. The van der Waals surface area contributed by atoms with Crippen LogP contribution in [0.3, 0.4) is 0 Å². The summed E-state index contributed by atoms with van der Waals surface area (Å²) in [6.07, 6.45) is 0. The van der Waals surface area contributed by atoms with Crippen LogP contribution in [0.15, 0.2) is 255 Å². The maximum absolute atomic E-state index is 2.42. The van der Waals surface area contributed by atoms with Gasteiger partial charge in [-0.25, -0.2) is 0 Å². The first-order valence-electron chi connectivity index (χ1n) is 24.0. The third kappa shape index (κ3) is 6.87. The minimum Gasteiger partial charge on any atom is -0.311 e. The van der Waals surface area contributed by atoms with Gasteiger partial charge in [-0.15, -0.1) is 0 Å². The van der Waals surface area contributed by atoms with Gasteiger partial charge in [-0.3, -0.25) is 0 Å². The van der Waals surface area contributed by atoms with Crippen LogP contribution in [0.4, 0.5) is 17.1 Å². The highest BCUT2D eigenvalue weighted by Gasteiger charge is 2.35. The van der Waals surface area contributed by atoms with Gasteiger partial charge < -0.3 is 9.47 Å². The third-order valence-corrected chi connectivity index (χ3v) is 14.6. The van der Waals surface area contributed by atoms with Gasteiger partial charge in [0.2, 0.25) is 0 Å². The zero-order valence-corrected chi connectivity index (χ0v) is 38.6. The maximum Gasteiger partial charge on any atom is 0.0541 e. The number of benzene rings is 11. The summed E-state index contributed by atoms with van der Waals surface area (Å²) in [6, 6.07) is 93.6. The lowest BCUT2D eigenvalue weighted by Crippen LogP contribution is -2.14. The molecule has 0 unspecified atom stereocenters. The number of anilines is 3. The number of fused-ring (bicyclic) bond motifs is 7. The van der Waals surface area contributed by atoms with Crippen molar-refractivity contribution in [3.63, 3.8) is 0 Å². The Hall–Kier alpha value is -8.72. The average Bonchev–Trinajstić information content (AvgIpc) is 3.87. The van der Waals surface area contributed by atoms with Gasteiger partial charge in [-0.1, -0.05) is 196 Å². The molecule has 0 saturated carbocycles. The fourth-order valence-electron chi connectivity index (χ4n) is 11.1. The molecule has 11 aromatic carbocycles. The summed E-state index contributed by atoms with van der Waals surface area (Å²) < 4.78 is 2.42. The number of hydrogen-bond donors (Lipinski definition) is 0. The van der Waals surface area contributed by atoms with E-state index < -0.39 is 0 Å². The zero-order valence-electron chi connectivity index (χ0n) is 38.6. The van der Waals surface area contributed by atoms with Gasteiger partial charge in [0.1, 0.15) is 0 Å². The van der Waals surface area contributed by atoms with E-state index in [1.807, 2.05) is 0 Å². The molecule has 0 saturated heterocycles. The van der Waals surface area contributed by atoms with Crippen molar-refractivity contribution in [1.82, 2.24) is 4.57 Å². The predicted molar refractivity (Wildman–Crippen MR) is 292 cm³/mol. The topological polar surface area (TPSA) is 8.17 Å². The standard InChI is InChI=1S/C67H48N2/c1-67(2)62-22-9-5-19-58(62)59-41-34-53(44-63(59)67)47-30-37-55(38-31-47)68(54-35-28-46(29-36-54)50-16-13-17-51(42-50)52-27-26-45-14-3-4-15-49(45)43-52)56-39-32-48(33-40-56)57-18-6-10-23-64(57)69-65-24-11-7-20-60(65)61-21-8-12-25-66(61)69/h3-44H,1-2H3. The van der Waals surface area contributed by atoms with Crippen LogP contribution in [-0.4, -0.2) is 4.57 Å². The zero-order chi connectivity index (χ0) is 46.1. The quantitative estimate of drug-likeness (QED) is 0.148. The van der Waals surface area contributed by atoms with Gasteiger partial charge in [-0.05, 0) is 145 Å². The Morgan fingerprint density at radius 3 is 1.43 bits per heavy atom. The molecule has 0 fully saturated rings. The first-order chi connectivity index (χ1) is 34.0. The monoisotopic (exact) mass is 880 g/mol.